The summed E-state index contributed by atoms with van der Waals surface area (Å²) in [6.07, 6.45) is 6.16. The fourth-order valence-electron chi connectivity index (χ4n) is 6.68. The third-order valence-corrected chi connectivity index (χ3v) is 12.8. The summed E-state index contributed by atoms with van der Waals surface area (Å²) in [5.41, 5.74) is 5.82. The summed E-state index contributed by atoms with van der Waals surface area (Å²) in [4.78, 5) is 52.9. The number of nitrogens with one attached hydrogen (secondary N) is 1. The minimum Gasteiger partial charge on any atom is -0.465 e. The Kier molecular flexibility index (Phi) is 12.3. The molecule has 0 saturated carbocycles. The van der Waals surface area contributed by atoms with Crippen LogP contribution in [0.15, 0.2) is 102 Å². The molecule has 6 rings (SSSR count). The van der Waals surface area contributed by atoms with E-state index in [-0.39, 0.29) is 40.1 Å². The minimum atomic E-state index is -4.06. The summed E-state index contributed by atoms with van der Waals surface area (Å²) in [5, 5.41) is 3.05. The molecule has 0 aliphatic heterocycles. The molecule has 1 amide bonds. The first-order valence-corrected chi connectivity index (χ1v) is 20.3. The lowest BCUT2D eigenvalue weighted by molar-refractivity contribution is 0.0592. The van der Waals surface area contributed by atoms with Gasteiger partial charge in [0, 0.05) is 34.5 Å². The number of esters is 2. The van der Waals surface area contributed by atoms with E-state index in [2.05, 4.69) is 5.32 Å². The van der Waals surface area contributed by atoms with Crippen molar-refractivity contribution in [2.75, 3.05) is 30.9 Å². The van der Waals surface area contributed by atoms with Gasteiger partial charge in [0.1, 0.15) is 0 Å². The molecule has 0 unspecified atom stereocenters. The zero-order chi connectivity index (χ0) is 39.1. The lowest BCUT2D eigenvalue weighted by Gasteiger charge is -2.20. The Bertz CT molecular complexity index is 2310. The maximum absolute atomic E-state index is 13.9. The van der Waals surface area contributed by atoms with Gasteiger partial charge in [0.2, 0.25) is 0 Å². The van der Waals surface area contributed by atoms with E-state index in [1.807, 2.05) is 36.4 Å². The van der Waals surface area contributed by atoms with Gasteiger partial charge < -0.3 is 14.8 Å². The van der Waals surface area contributed by atoms with Gasteiger partial charge in [-0.3, -0.25) is 13.9 Å². The molecule has 0 fully saturated rings. The number of carbonyl (C=O) groups is 4. The second-order valence-electron chi connectivity index (χ2n) is 13.3. The molecule has 0 saturated heterocycles. The van der Waals surface area contributed by atoms with Gasteiger partial charge >= 0.3 is 11.9 Å². The van der Waals surface area contributed by atoms with Crippen molar-refractivity contribution in [3.05, 3.63) is 146 Å². The third kappa shape index (κ3) is 9.04. The number of ketones is 1. The van der Waals surface area contributed by atoms with Gasteiger partial charge in [-0.05, 0) is 122 Å². The van der Waals surface area contributed by atoms with Crippen molar-refractivity contribution in [1.29, 1.82) is 0 Å². The van der Waals surface area contributed by atoms with Crippen molar-refractivity contribution in [3.8, 4) is 0 Å². The highest BCUT2D eigenvalue weighted by Crippen LogP contribution is 2.36. The van der Waals surface area contributed by atoms with Crippen LogP contribution in [0.5, 0.6) is 0 Å². The van der Waals surface area contributed by atoms with Gasteiger partial charge in [0.15, 0.2) is 5.78 Å². The second-order valence-corrected chi connectivity index (χ2v) is 16.5. The summed E-state index contributed by atoms with van der Waals surface area (Å²) in [5.74, 6) is -1.44. The van der Waals surface area contributed by atoms with E-state index in [9.17, 15) is 27.6 Å². The standard InChI is InChI=1S/C43H42N2O8S2/c1-45(34-24-20-31(21-25-34)43(49)53-3)55(50,51)35-11-7-10-32(26-35)37(46)27-39-40(36-12-4-5-13-38(36)54-39)41(47)44-33-22-16-29(17-23-33)9-6-8-28-14-18-30(19-15-28)42(48)52-2/h7,10-11,14-26H,4-6,8-9,12-13,27H2,1-3H3,(H,44,47). The van der Waals surface area contributed by atoms with Crippen molar-refractivity contribution in [1.82, 2.24) is 0 Å². The van der Waals surface area contributed by atoms with Crippen LogP contribution in [0, 0.1) is 0 Å². The van der Waals surface area contributed by atoms with Crippen LogP contribution in [0.2, 0.25) is 0 Å². The summed E-state index contributed by atoms with van der Waals surface area (Å²) in [6, 6.07) is 27.1. The average Bonchev–Trinajstić information content (AvgIpc) is 3.58. The van der Waals surface area contributed by atoms with Crippen molar-refractivity contribution >= 4 is 56.4 Å². The Morgan fingerprint density at radius 2 is 1.33 bits per heavy atom. The molecular formula is C43H42N2O8S2. The molecule has 1 N–H and O–H groups in total. The SMILES string of the molecule is COC(=O)c1ccc(CCCc2ccc(NC(=O)c3c(CC(=O)c4cccc(S(=O)(=O)N(C)c5ccc(C(=O)OC)cc5)c4)sc4c3CCCC4)cc2)cc1. The second kappa shape index (κ2) is 17.3. The fraction of sp³-hybridized carbons (Fsp3) is 0.256. The number of methoxy groups -OCH3 is 2. The largest absolute Gasteiger partial charge is 0.465 e. The van der Waals surface area contributed by atoms with Crippen LogP contribution in [-0.4, -0.2) is 53.3 Å². The number of hydrogen-bond acceptors (Lipinski definition) is 9. The van der Waals surface area contributed by atoms with Crippen molar-refractivity contribution in [2.45, 2.75) is 56.3 Å². The van der Waals surface area contributed by atoms with Gasteiger partial charge in [-0.1, -0.05) is 36.4 Å². The molecule has 10 nitrogen and oxygen atoms in total. The van der Waals surface area contributed by atoms with Crippen molar-refractivity contribution in [3.63, 3.8) is 0 Å². The molecule has 12 heteroatoms. The third-order valence-electron chi connectivity index (χ3n) is 9.78. The van der Waals surface area contributed by atoms with Gasteiger partial charge in [-0.2, -0.15) is 0 Å². The Balaban J connectivity index is 1.12. The highest BCUT2D eigenvalue weighted by atomic mass is 32.2. The van der Waals surface area contributed by atoms with Crippen LogP contribution in [0.25, 0.3) is 0 Å². The molecule has 284 valence electrons. The maximum Gasteiger partial charge on any atom is 0.337 e. The topological polar surface area (TPSA) is 136 Å². The monoisotopic (exact) mass is 778 g/mol. The number of fused-ring (bicyclic) bond motifs is 1. The van der Waals surface area contributed by atoms with E-state index in [0.29, 0.717) is 27.4 Å². The van der Waals surface area contributed by atoms with E-state index in [1.54, 1.807) is 18.2 Å². The smallest absolute Gasteiger partial charge is 0.337 e. The number of thiophene rings is 1. The fourth-order valence-corrected chi connectivity index (χ4v) is 9.32. The van der Waals surface area contributed by atoms with Crippen LogP contribution in [-0.2, 0) is 51.6 Å². The Labute approximate surface area is 325 Å². The Morgan fingerprint density at radius 1 is 0.745 bits per heavy atom. The highest BCUT2D eigenvalue weighted by molar-refractivity contribution is 7.92. The number of sulfonamides is 1. The van der Waals surface area contributed by atoms with E-state index in [4.69, 9.17) is 9.47 Å². The molecule has 0 bridgehead atoms. The molecule has 1 aliphatic rings. The minimum absolute atomic E-state index is 0.0426. The maximum atomic E-state index is 13.9. The number of Topliss-reactive ketones (excluding diaryl/α,β-unsaturated/α-hetero) is 1. The lowest BCUT2D eigenvalue weighted by Crippen LogP contribution is -2.26. The number of hydrogen-bond donors (Lipinski definition) is 1. The van der Waals surface area contributed by atoms with Gasteiger partial charge in [-0.15, -0.1) is 11.3 Å². The summed E-state index contributed by atoms with van der Waals surface area (Å²) in [7, 11) is -0.0156. The van der Waals surface area contributed by atoms with Crippen molar-refractivity contribution in [2.24, 2.45) is 0 Å². The predicted octanol–water partition coefficient (Wildman–Crippen LogP) is 7.88. The van der Waals surface area contributed by atoms with Crippen LogP contribution in [0.1, 0.15) is 87.1 Å². The number of nitrogens with zero attached hydrogens (tertiary/aromatic N) is 1. The molecule has 1 aromatic heterocycles. The Hall–Kier alpha value is -5.59. The van der Waals surface area contributed by atoms with E-state index < -0.39 is 16.0 Å². The molecular weight excluding hydrogens is 737 g/mol. The number of benzene rings is 4. The van der Waals surface area contributed by atoms with Crippen LogP contribution in [0.4, 0.5) is 11.4 Å². The number of carbonyl (C=O) groups excluding carboxylic acids is 4. The first-order valence-electron chi connectivity index (χ1n) is 18.0. The van der Waals surface area contributed by atoms with Gasteiger partial charge in [0.25, 0.3) is 15.9 Å². The Morgan fingerprint density at radius 3 is 1.95 bits per heavy atom. The molecule has 5 aromatic rings. The predicted molar refractivity (Wildman–Crippen MR) is 213 cm³/mol. The quantitative estimate of drug-likeness (QED) is 0.0889. The van der Waals surface area contributed by atoms with Gasteiger partial charge in [-0.25, -0.2) is 18.0 Å². The van der Waals surface area contributed by atoms with E-state index >= 15 is 0 Å². The zero-order valence-electron chi connectivity index (χ0n) is 30.9. The lowest BCUT2D eigenvalue weighted by atomic mass is 9.93. The average molecular weight is 779 g/mol. The van der Waals surface area contributed by atoms with Crippen LogP contribution >= 0.6 is 11.3 Å². The molecule has 4 aromatic carbocycles. The first kappa shape index (κ1) is 39.1. The summed E-state index contributed by atoms with van der Waals surface area (Å²) >= 11 is 1.49. The summed E-state index contributed by atoms with van der Waals surface area (Å²) < 4.78 is 37.8. The zero-order valence-corrected chi connectivity index (χ0v) is 32.6. The molecule has 55 heavy (non-hydrogen) atoms. The number of rotatable bonds is 14. The van der Waals surface area contributed by atoms with Crippen molar-refractivity contribution < 1.29 is 37.1 Å². The molecule has 0 radical (unpaired) electrons. The number of amides is 1. The first-order chi connectivity index (χ1) is 26.5. The highest BCUT2D eigenvalue weighted by Gasteiger charge is 2.28. The van der Waals surface area contributed by atoms with Gasteiger partial charge in [0.05, 0.1) is 41.5 Å². The van der Waals surface area contributed by atoms with Crippen LogP contribution < -0.4 is 9.62 Å². The number of anilines is 2. The molecule has 1 heterocycles. The van der Waals surface area contributed by atoms with Crippen LogP contribution in [0.3, 0.4) is 0 Å². The number of aryl methyl sites for hydroxylation is 3. The van der Waals surface area contributed by atoms with E-state index in [0.717, 1.165) is 70.8 Å². The molecule has 0 atom stereocenters. The normalized spacial score (nSPS) is 12.3. The molecule has 1 aliphatic carbocycles. The van der Waals surface area contributed by atoms with E-state index in [1.165, 1.54) is 75.1 Å². The number of ether oxygens (including phenoxy) is 2. The summed E-state index contributed by atoms with van der Waals surface area (Å²) in [6.45, 7) is 0. The molecule has 0 spiro atoms.